The molecule has 308 valence electrons. The lowest BCUT2D eigenvalue weighted by molar-refractivity contribution is 0.320. The lowest BCUT2D eigenvalue weighted by Crippen LogP contribution is -2.17. The first-order valence-corrected chi connectivity index (χ1v) is 23.9. The van der Waals surface area contributed by atoms with E-state index in [0.29, 0.717) is 37.1 Å². The molecule has 0 aliphatic carbocycles. The van der Waals surface area contributed by atoms with Gasteiger partial charge in [0.2, 0.25) is 0 Å². The summed E-state index contributed by atoms with van der Waals surface area (Å²) >= 11 is 0. The molecule has 0 aliphatic rings. The minimum Gasteiger partial charge on any atom is -0.508 e. The molecule has 6 N–H and O–H groups in total. The summed E-state index contributed by atoms with van der Waals surface area (Å²) in [4.78, 5) is 21.7. The van der Waals surface area contributed by atoms with E-state index < -0.39 is 37.9 Å². The molecule has 0 heterocycles. The van der Waals surface area contributed by atoms with E-state index in [1.807, 2.05) is 114 Å². The fourth-order valence-electron chi connectivity index (χ4n) is 5.66. The topological polar surface area (TPSA) is 149 Å². The van der Waals surface area contributed by atoms with Crippen molar-refractivity contribution >= 4 is 53.5 Å². The Bertz CT molecular complexity index is 1870. The maximum Gasteiger partial charge on any atom is 0.324 e. The van der Waals surface area contributed by atoms with Crippen LogP contribution >= 0.6 is 8.60 Å². The van der Waals surface area contributed by atoms with Gasteiger partial charge in [-0.25, -0.2) is 0 Å². The Morgan fingerprint density at radius 1 is 0.379 bits per heavy atom. The molecule has 6 aromatic rings. The van der Waals surface area contributed by atoms with Crippen molar-refractivity contribution in [3.8, 4) is 17.2 Å². The highest BCUT2D eigenvalue weighted by Gasteiger charge is 2.10. The fourth-order valence-corrected chi connectivity index (χ4v) is 8.68. The van der Waals surface area contributed by atoms with E-state index >= 15 is 0 Å². The van der Waals surface area contributed by atoms with E-state index in [1.165, 1.54) is 32.3 Å². The molecule has 0 saturated heterocycles. The quantitative estimate of drug-likeness (QED) is 0.0740. The molecule has 6 rings (SSSR count). The SMILES string of the molecule is Cc1ccc(O)c(CO[SiH2]c2ccccc2)c1C.Cc1ccc(O)c(CO[SiH2]c2ccccc2)c1C.Cc1ccc(O)c(CO[SiH2]c2ccccc2)c1C.OP(O)O. The first-order chi connectivity index (χ1) is 27.8. The second-order valence-electron chi connectivity index (χ2n) is 13.7. The van der Waals surface area contributed by atoms with Crippen LogP contribution in [0.2, 0.25) is 0 Å². The van der Waals surface area contributed by atoms with Crippen molar-refractivity contribution in [2.45, 2.75) is 61.4 Å². The van der Waals surface area contributed by atoms with Crippen LogP contribution in [0, 0.1) is 41.5 Å². The predicted molar refractivity (Wildman–Crippen MR) is 245 cm³/mol. The Balaban J connectivity index is 0.000000222. The number of phenols is 3. The summed E-state index contributed by atoms with van der Waals surface area (Å²) < 4.78 is 17.4. The van der Waals surface area contributed by atoms with Crippen LogP contribution in [-0.2, 0) is 33.1 Å². The predicted octanol–water partition coefficient (Wildman–Crippen LogP) is 5.00. The van der Waals surface area contributed by atoms with Gasteiger partial charge in [0.15, 0.2) is 29.3 Å². The fraction of sp³-hybridized carbons (Fsp3) is 0.200. The Kier molecular flexibility index (Phi) is 21.3. The first-order valence-electron chi connectivity index (χ1n) is 18.8. The molecule has 0 spiro atoms. The van der Waals surface area contributed by atoms with Gasteiger partial charge >= 0.3 is 8.60 Å². The van der Waals surface area contributed by atoms with Crippen molar-refractivity contribution in [1.29, 1.82) is 0 Å². The standard InChI is InChI=1S/3C15H18O2Si.H3O3P/c3*1-11-8-9-15(16)14(12(11)2)10-17-18-13-6-4-3-5-7-13;1-4(2)3/h3*3-9,16H,10,18H2,1-2H3;1-3H. The molecule has 58 heavy (non-hydrogen) atoms. The molecule has 0 unspecified atom stereocenters. The van der Waals surface area contributed by atoms with Gasteiger partial charge < -0.3 is 43.3 Å². The van der Waals surface area contributed by atoms with Crippen LogP contribution in [0.5, 0.6) is 17.2 Å². The van der Waals surface area contributed by atoms with E-state index in [1.54, 1.807) is 18.2 Å². The molecule has 0 aromatic heterocycles. The van der Waals surface area contributed by atoms with Gasteiger partial charge in [-0.3, -0.25) is 0 Å². The van der Waals surface area contributed by atoms with Crippen LogP contribution < -0.4 is 15.6 Å². The third-order valence-electron chi connectivity index (χ3n) is 9.61. The van der Waals surface area contributed by atoms with Gasteiger partial charge in [-0.1, -0.05) is 109 Å². The minimum absolute atomic E-state index is 0.333. The summed E-state index contributed by atoms with van der Waals surface area (Å²) in [5.41, 5.74) is 9.68. The molecule has 0 atom stereocenters. The third kappa shape index (κ3) is 16.8. The largest absolute Gasteiger partial charge is 0.508 e. The van der Waals surface area contributed by atoms with Crippen molar-refractivity contribution in [2.75, 3.05) is 0 Å². The van der Waals surface area contributed by atoms with E-state index in [9.17, 15) is 15.3 Å². The average Bonchev–Trinajstić information content (AvgIpc) is 3.22. The molecule has 9 nitrogen and oxygen atoms in total. The normalized spacial score (nSPS) is 11.1. The molecule has 13 heteroatoms. The van der Waals surface area contributed by atoms with Gasteiger partial charge in [-0.15, -0.1) is 0 Å². The number of phenolic OH excluding ortho intramolecular Hbond substituents is 3. The zero-order valence-electron chi connectivity index (χ0n) is 34.2. The molecular weight excluding hydrogens is 800 g/mol. The van der Waals surface area contributed by atoms with Crippen LogP contribution in [0.1, 0.15) is 50.1 Å². The van der Waals surface area contributed by atoms with Gasteiger partial charge in [0.25, 0.3) is 0 Å². The van der Waals surface area contributed by atoms with Gasteiger partial charge in [-0.2, -0.15) is 0 Å². The lowest BCUT2D eigenvalue weighted by atomic mass is 10.0. The van der Waals surface area contributed by atoms with Gasteiger partial charge in [-0.05, 0) is 109 Å². The smallest absolute Gasteiger partial charge is 0.324 e. The van der Waals surface area contributed by atoms with Crippen LogP contribution in [0.3, 0.4) is 0 Å². The summed E-state index contributed by atoms with van der Waals surface area (Å²) in [7, 11) is -4.75. The molecular formula is C45H57O9PSi3. The number of benzene rings is 6. The molecule has 0 fully saturated rings. The molecule has 0 saturated carbocycles. The van der Waals surface area contributed by atoms with Crippen LogP contribution in [0.25, 0.3) is 0 Å². The van der Waals surface area contributed by atoms with Gasteiger partial charge in [0, 0.05) is 16.7 Å². The van der Waals surface area contributed by atoms with Crippen molar-refractivity contribution in [1.82, 2.24) is 0 Å². The van der Waals surface area contributed by atoms with Crippen molar-refractivity contribution < 1.29 is 43.3 Å². The Morgan fingerprint density at radius 2 is 0.603 bits per heavy atom. The average molecular weight is 857 g/mol. The summed E-state index contributed by atoms with van der Waals surface area (Å²) in [5, 5.41) is 33.4. The molecule has 0 aliphatic heterocycles. The lowest BCUT2D eigenvalue weighted by Gasteiger charge is -2.11. The number of aryl methyl sites for hydroxylation is 3. The summed E-state index contributed by atoms with van der Waals surface area (Å²) in [6.07, 6.45) is 0. The molecule has 0 amide bonds. The van der Waals surface area contributed by atoms with E-state index in [4.69, 9.17) is 28.0 Å². The number of hydrogen-bond donors (Lipinski definition) is 6. The summed E-state index contributed by atoms with van der Waals surface area (Å²) in [6.45, 7) is 13.7. The zero-order valence-corrected chi connectivity index (χ0v) is 39.4. The van der Waals surface area contributed by atoms with E-state index in [0.717, 1.165) is 33.4 Å². The molecule has 0 radical (unpaired) electrons. The maximum atomic E-state index is 9.85. The number of aromatic hydroxyl groups is 3. The Morgan fingerprint density at radius 3 is 0.828 bits per heavy atom. The minimum atomic E-state index is -2.62. The number of rotatable bonds is 12. The van der Waals surface area contributed by atoms with Gasteiger partial charge in [0.1, 0.15) is 17.2 Å². The maximum absolute atomic E-state index is 9.85. The monoisotopic (exact) mass is 856 g/mol. The Hall–Kier alpha value is -4.44. The summed E-state index contributed by atoms with van der Waals surface area (Å²) in [5.74, 6) is 1.00. The Labute approximate surface area is 351 Å². The van der Waals surface area contributed by atoms with Crippen molar-refractivity contribution in [3.63, 3.8) is 0 Å². The summed E-state index contributed by atoms with van der Waals surface area (Å²) in [6, 6.07) is 41.8. The van der Waals surface area contributed by atoms with Crippen molar-refractivity contribution in [2.24, 2.45) is 0 Å². The second kappa shape index (κ2) is 25.8. The molecule has 6 aromatic carbocycles. The van der Waals surface area contributed by atoms with Gasteiger partial charge in [0.05, 0.1) is 19.8 Å². The number of hydrogen-bond acceptors (Lipinski definition) is 9. The highest BCUT2D eigenvalue weighted by atomic mass is 31.2. The van der Waals surface area contributed by atoms with E-state index in [2.05, 4.69) is 36.4 Å². The van der Waals surface area contributed by atoms with Crippen LogP contribution in [0.15, 0.2) is 127 Å². The van der Waals surface area contributed by atoms with Crippen LogP contribution in [-0.4, -0.2) is 59.3 Å². The second-order valence-corrected chi connectivity index (χ2v) is 18.8. The first kappa shape index (κ1) is 47.9. The van der Waals surface area contributed by atoms with Crippen molar-refractivity contribution in [3.05, 3.63) is 177 Å². The highest BCUT2D eigenvalue weighted by molar-refractivity contribution is 7.38. The highest BCUT2D eigenvalue weighted by Crippen LogP contribution is 2.26. The molecule has 0 bridgehead atoms. The van der Waals surface area contributed by atoms with Crippen LogP contribution in [0.4, 0.5) is 0 Å². The third-order valence-corrected chi connectivity index (χ3v) is 13.2. The van der Waals surface area contributed by atoms with E-state index in [-0.39, 0.29) is 0 Å². The zero-order chi connectivity index (χ0) is 42.5.